The van der Waals surface area contributed by atoms with Crippen molar-refractivity contribution in [3.05, 3.63) is 81.8 Å². The molecule has 0 bridgehead atoms. The zero-order valence-electron chi connectivity index (χ0n) is 21.4. The molecule has 0 saturated heterocycles. The van der Waals surface area contributed by atoms with Crippen LogP contribution in [-0.2, 0) is 22.4 Å². The Labute approximate surface area is 237 Å². The Morgan fingerprint density at radius 1 is 0.895 bits per heavy atom. The van der Waals surface area contributed by atoms with E-state index in [1.807, 2.05) is 42.5 Å². The molecule has 2 fully saturated rings. The molecule has 2 saturated carbocycles. The quantitative estimate of drug-likeness (QED) is 0.318. The Bertz CT molecular complexity index is 1190. The minimum absolute atomic E-state index is 0.192. The highest BCUT2D eigenvalue weighted by Crippen LogP contribution is 2.36. The first-order valence-electron chi connectivity index (χ1n) is 13.1. The van der Waals surface area contributed by atoms with E-state index in [9.17, 15) is 4.79 Å². The van der Waals surface area contributed by atoms with Crippen LogP contribution in [0.1, 0.15) is 81.2 Å². The van der Waals surface area contributed by atoms with E-state index < -0.39 is 11.6 Å². The van der Waals surface area contributed by atoms with Gasteiger partial charge < -0.3 is 15.8 Å². The normalized spacial score (nSPS) is 18.0. The van der Waals surface area contributed by atoms with Crippen LogP contribution in [0.2, 0.25) is 5.28 Å². The first-order chi connectivity index (χ1) is 18.4. The van der Waals surface area contributed by atoms with Gasteiger partial charge in [0.05, 0.1) is 22.5 Å². The Morgan fingerprint density at radius 2 is 1.53 bits per heavy atom. The van der Waals surface area contributed by atoms with E-state index in [1.54, 1.807) is 12.4 Å². The van der Waals surface area contributed by atoms with Crippen LogP contribution in [0, 0.1) is 0 Å². The molecule has 38 heavy (non-hydrogen) atoms. The molecule has 2 aliphatic carbocycles. The second-order valence-corrected chi connectivity index (χ2v) is 11.0. The third kappa shape index (κ3) is 7.71. The van der Waals surface area contributed by atoms with Crippen molar-refractivity contribution < 1.29 is 9.53 Å². The summed E-state index contributed by atoms with van der Waals surface area (Å²) in [5.74, 6) is 0. The summed E-state index contributed by atoms with van der Waals surface area (Å²) in [6.07, 6.45) is 13.6. The Balaban J connectivity index is 0.000000204. The van der Waals surface area contributed by atoms with Crippen LogP contribution >= 0.6 is 27.5 Å². The number of carbonyl (C=O) groups is 1. The molecule has 10 heteroatoms. The van der Waals surface area contributed by atoms with E-state index in [0.29, 0.717) is 4.73 Å². The second kappa shape index (κ2) is 13.4. The zero-order valence-corrected chi connectivity index (χ0v) is 23.8. The summed E-state index contributed by atoms with van der Waals surface area (Å²) in [7, 11) is 0. The number of rotatable bonds is 5. The molecule has 1 amide bonds. The minimum atomic E-state index is -0.529. The number of carbonyl (C=O) groups excluding carboxylic acids is 1. The van der Waals surface area contributed by atoms with Crippen molar-refractivity contribution in [1.29, 1.82) is 0 Å². The highest BCUT2D eigenvalue weighted by molar-refractivity contribution is 9.10. The largest absolute Gasteiger partial charge is 0.445 e. The number of ether oxygens (including phenoxy) is 1. The highest BCUT2D eigenvalue weighted by Gasteiger charge is 2.37. The van der Waals surface area contributed by atoms with Gasteiger partial charge in [-0.15, -0.1) is 0 Å². The molecule has 5 rings (SSSR count). The monoisotopic (exact) mass is 600 g/mol. The number of amides is 1. The number of hydrogen-bond acceptors (Lipinski definition) is 7. The molecule has 0 radical (unpaired) electrons. The van der Waals surface area contributed by atoms with E-state index in [1.165, 1.54) is 19.3 Å². The van der Waals surface area contributed by atoms with Crippen molar-refractivity contribution in [2.75, 3.05) is 0 Å². The molecule has 1 aromatic carbocycles. The molecule has 3 aromatic rings. The molecule has 3 N–H and O–H groups in total. The Kier molecular flexibility index (Phi) is 10.0. The van der Waals surface area contributed by atoms with Gasteiger partial charge in [-0.1, -0.05) is 68.9 Å². The maximum atomic E-state index is 12.3. The summed E-state index contributed by atoms with van der Waals surface area (Å²) in [6.45, 7) is 0.243. The van der Waals surface area contributed by atoms with Crippen LogP contribution in [0.4, 0.5) is 4.79 Å². The predicted octanol–water partition coefficient (Wildman–Crippen LogP) is 6.57. The third-order valence-electron chi connectivity index (χ3n) is 7.26. The fourth-order valence-electron chi connectivity index (χ4n) is 5.21. The van der Waals surface area contributed by atoms with E-state index in [0.717, 1.165) is 61.9 Å². The lowest BCUT2D eigenvalue weighted by Gasteiger charge is -2.37. The van der Waals surface area contributed by atoms with Gasteiger partial charge >= 0.3 is 6.09 Å². The molecule has 0 unspecified atom stereocenters. The SMILES string of the molecule is NC1(c2ccnc(Br)n2)CCCCC1.O=C(NC1(c2ccnc(Cl)n2)CCCCC1)OCc1ccccc1. The number of nitrogens with one attached hydrogen (secondary N) is 1. The molecular weight excluding hydrogens is 568 g/mol. The predicted molar refractivity (Wildman–Crippen MR) is 150 cm³/mol. The topological polar surface area (TPSA) is 116 Å². The van der Waals surface area contributed by atoms with Gasteiger partial charge in [0.2, 0.25) is 5.28 Å². The van der Waals surface area contributed by atoms with Crippen molar-refractivity contribution >= 4 is 33.6 Å². The van der Waals surface area contributed by atoms with E-state index >= 15 is 0 Å². The number of nitrogens with two attached hydrogens (primary N) is 1. The summed E-state index contributed by atoms with van der Waals surface area (Å²) in [4.78, 5) is 29.0. The van der Waals surface area contributed by atoms with Crippen molar-refractivity contribution in [2.24, 2.45) is 5.73 Å². The average molecular weight is 602 g/mol. The van der Waals surface area contributed by atoms with Crippen LogP contribution < -0.4 is 11.1 Å². The molecule has 2 heterocycles. The summed E-state index contributed by atoms with van der Waals surface area (Å²) < 4.78 is 6.01. The number of halogens is 2. The van der Waals surface area contributed by atoms with Crippen molar-refractivity contribution in [2.45, 2.75) is 81.9 Å². The first kappa shape index (κ1) is 28.4. The van der Waals surface area contributed by atoms with Gasteiger partial charge in [-0.05, 0) is 70.9 Å². The van der Waals surface area contributed by atoms with E-state index in [4.69, 9.17) is 22.1 Å². The fraction of sp³-hybridized carbons (Fsp3) is 0.464. The highest BCUT2D eigenvalue weighted by atomic mass is 79.9. The molecule has 2 aromatic heterocycles. The number of aromatic nitrogens is 4. The summed E-state index contributed by atoms with van der Waals surface area (Å²) in [5, 5.41) is 3.23. The molecular formula is C28H34BrClN6O2. The lowest BCUT2D eigenvalue weighted by molar-refractivity contribution is 0.116. The van der Waals surface area contributed by atoms with Gasteiger partial charge in [-0.3, -0.25) is 0 Å². The van der Waals surface area contributed by atoms with Gasteiger partial charge in [0.15, 0.2) is 4.73 Å². The van der Waals surface area contributed by atoms with Crippen LogP contribution in [0.3, 0.4) is 0 Å². The number of alkyl carbamates (subject to hydrolysis) is 1. The number of benzene rings is 1. The Morgan fingerprint density at radius 3 is 2.18 bits per heavy atom. The standard InChI is InChI=1S/C18H20ClN3O2.C10H14BrN3/c19-16-20-12-9-15(21-16)18(10-5-2-6-11-18)22-17(23)24-13-14-7-3-1-4-8-14;11-9-13-7-4-8(14-9)10(12)5-2-1-3-6-10/h1,3-4,7-9,12H,2,5-6,10-11,13H2,(H,22,23);4,7H,1-3,5-6,12H2. The van der Waals surface area contributed by atoms with Gasteiger partial charge in [0, 0.05) is 12.4 Å². The number of hydrogen-bond donors (Lipinski definition) is 2. The molecule has 0 spiro atoms. The average Bonchev–Trinajstić information content (AvgIpc) is 2.94. The fourth-order valence-corrected chi connectivity index (χ4v) is 5.66. The van der Waals surface area contributed by atoms with Gasteiger partial charge in [-0.25, -0.2) is 24.7 Å². The van der Waals surface area contributed by atoms with Crippen LogP contribution in [-0.4, -0.2) is 26.0 Å². The van der Waals surface area contributed by atoms with Gasteiger partial charge in [-0.2, -0.15) is 0 Å². The molecule has 0 atom stereocenters. The lowest BCUT2D eigenvalue weighted by atomic mass is 9.79. The second-order valence-electron chi connectivity index (χ2n) is 9.97. The van der Waals surface area contributed by atoms with Crippen LogP contribution in [0.25, 0.3) is 0 Å². The smallest absolute Gasteiger partial charge is 0.408 e. The summed E-state index contributed by atoms with van der Waals surface area (Å²) in [6, 6.07) is 13.4. The summed E-state index contributed by atoms with van der Waals surface area (Å²) in [5.41, 5.74) is 8.26. The minimum Gasteiger partial charge on any atom is -0.445 e. The molecule has 0 aliphatic heterocycles. The molecule has 2 aliphatic rings. The maximum Gasteiger partial charge on any atom is 0.408 e. The van der Waals surface area contributed by atoms with Crippen molar-refractivity contribution in [1.82, 2.24) is 25.3 Å². The van der Waals surface area contributed by atoms with E-state index in [2.05, 4.69) is 41.2 Å². The number of nitrogens with zero attached hydrogens (tertiary/aromatic N) is 4. The molecule has 202 valence electrons. The first-order valence-corrected chi connectivity index (χ1v) is 14.3. The van der Waals surface area contributed by atoms with E-state index in [-0.39, 0.29) is 17.4 Å². The Hall–Kier alpha value is -2.62. The van der Waals surface area contributed by atoms with Gasteiger partial charge in [0.1, 0.15) is 6.61 Å². The maximum absolute atomic E-state index is 12.3. The van der Waals surface area contributed by atoms with Crippen molar-refractivity contribution in [3.8, 4) is 0 Å². The third-order valence-corrected chi connectivity index (χ3v) is 7.82. The van der Waals surface area contributed by atoms with Crippen molar-refractivity contribution in [3.63, 3.8) is 0 Å². The molecule has 8 nitrogen and oxygen atoms in total. The zero-order chi connectivity index (χ0) is 26.8. The van der Waals surface area contributed by atoms with Crippen LogP contribution in [0.15, 0.2) is 59.6 Å². The lowest BCUT2D eigenvalue weighted by Crippen LogP contribution is -2.48. The summed E-state index contributed by atoms with van der Waals surface area (Å²) >= 11 is 9.21. The van der Waals surface area contributed by atoms with Crippen LogP contribution in [0.5, 0.6) is 0 Å². The van der Waals surface area contributed by atoms with Gasteiger partial charge in [0.25, 0.3) is 0 Å².